The first-order valence-electron chi connectivity index (χ1n) is 16.1. The van der Waals surface area contributed by atoms with Gasteiger partial charge in [0.05, 0.1) is 24.8 Å². The van der Waals surface area contributed by atoms with E-state index in [0.29, 0.717) is 10.9 Å². The highest BCUT2D eigenvalue weighted by atomic mass is 127. The SMILES string of the molecule is COc1nc(N)nc2c1nc(I)n2C1O[C@H](COP(=O)(NC(C(=O)OC(F)c2ccccc2F)C(C)C)Oc2cccc3ncccc23)[C@@H](O)[C@@]1(C)O. The van der Waals surface area contributed by atoms with Gasteiger partial charge in [-0.3, -0.25) is 18.9 Å². The van der Waals surface area contributed by atoms with E-state index in [1.54, 1.807) is 44.3 Å². The Bertz CT molecular complexity index is 2190. The number of carbonyl (C=O) groups is 1. The van der Waals surface area contributed by atoms with Crippen LogP contribution in [0.3, 0.4) is 0 Å². The molecule has 1 aliphatic rings. The van der Waals surface area contributed by atoms with Crippen molar-refractivity contribution < 1.29 is 51.6 Å². The molecule has 7 atom stereocenters. The fourth-order valence-electron chi connectivity index (χ4n) is 5.73. The van der Waals surface area contributed by atoms with E-state index in [0.717, 1.165) is 12.1 Å². The van der Waals surface area contributed by atoms with Crippen molar-refractivity contribution in [2.75, 3.05) is 19.5 Å². The van der Waals surface area contributed by atoms with E-state index in [2.05, 4.69) is 25.0 Å². The van der Waals surface area contributed by atoms with Crippen molar-refractivity contribution in [1.29, 1.82) is 0 Å². The molecule has 0 radical (unpaired) electrons. The van der Waals surface area contributed by atoms with Crippen LogP contribution in [0.1, 0.15) is 38.9 Å². The molecule has 0 bridgehead atoms. The van der Waals surface area contributed by atoms with Crippen molar-refractivity contribution in [2.45, 2.75) is 57.2 Å². The molecule has 5 N–H and O–H groups in total. The number of hydrogen-bond donors (Lipinski definition) is 4. The van der Waals surface area contributed by atoms with Gasteiger partial charge >= 0.3 is 13.7 Å². The topological polar surface area (TPSA) is 215 Å². The molecule has 0 saturated carbocycles. The highest BCUT2D eigenvalue weighted by molar-refractivity contribution is 14.1. The Balaban J connectivity index is 1.30. The number of hydrogen-bond acceptors (Lipinski definition) is 14. The molecule has 1 aliphatic heterocycles. The Labute approximate surface area is 314 Å². The number of aliphatic hydroxyl groups excluding tert-OH is 1. The monoisotopic (exact) mass is 869 g/mol. The molecular formula is C33H35F2IN7O9P. The number of nitrogens with zero attached hydrogens (tertiary/aromatic N) is 5. The maximum Gasteiger partial charge on any atom is 0.459 e. The van der Waals surface area contributed by atoms with Crippen molar-refractivity contribution >= 4 is 64.3 Å². The normalized spacial score (nSPS) is 22.5. The maximum absolute atomic E-state index is 15.1. The molecule has 3 aromatic heterocycles. The minimum absolute atomic E-state index is 0.0421. The van der Waals surface area contributed by atoms with Gasteiger partial charge < -0.3 is 34.7 Å². The summed E-state index contributed by atoms with van der Waals surface area (Å²) < 4.78 is 74.0. The molecule has 0 spiro atoms. The maximum atomic E-state index is 15.1. The number of rotatable bonds is 13. The third kappa shape index (κ3) is 7.78. The van der Waals surface area contributed by atoms with Gasteiger partial charge in [-0.25, -0.2) is 13.9 Å². The lowest BCUT2D eigenvalue weighted by Gasteiger charge is -2.28. The van der Waals surface area contributed by atoms with Gasteiger partial charge in [0.1, 0.15) is 35.4 Å². The van der Waals surface area contributed by atoms with E-state index < -0.39 is 74.1 Å². The Hall–Kier alpha value is -4.11. The second kappa shape index (κ2) is 15.3. The van der Waals surface area contributed by atoms with Crippen LogP contribution in [0, 0.1) is 15.6 Å². The van der Waals surface area contributed by atoms with Gasteiger partial charge in [-0.05, 0) is 49.2 Å². The minimum atomic E-state index is -4.72. The lowest BCUT2D eigenvalue weighted by Crippen LogP contribution is -2.45. The third-order valence-corrected chi connectivity index (χ3v) is 10.8. The number of aromatic nitrogens is 5. The van der Waals surface area contributed by atoms with E-state index in [1.165, 1.54) is 36.8 Å². The number of anilines is 1. The number of benzene rings is 2. The smallest absolute Gasteiger partial charge is 0.459 e. The lowest BCUT2D eigenvalue weighted by molar-refractivity contribution is -0.162. The van der Waals surface area contributed by atoms with Crippen molar-refractivity contribution in [2.24, 2.45) is 5.92 Å². The summed E-state index contributed by atoms with van der Waals surface area (Å²) in [6, 6.07) is 11.4. The average molecular weight is 870 g/mol. The van der Waals surface area contributed by atoms with Crippen molar-refractivity contribution in [3.63, 3.8) is 0 Å². The number of halogens is 3. The highest BCUT2D eigenvalue weighted by Gasteiger charge is 2.55. The predicted molar refractivity (Wildman–Crippen MR) is 194 cm³/mol. The Morgan fingerprint density at radius 1 is 1.17 bits per heavy atom. The summed E-state index contributed by atoms with van der Waals surface area (Å²) in [6.07, 6.45) is -5.29. The zero-order valence-corrected chi connectivity index (χ0v) is 31.6. The third-order valence-electron chi connectivity index (χ3n) is 8.48. The molecule has 2 aromatic carbocycles. The highest BCUT2D eigenvalue weighted by Crippen LogP contribution is 2.49. The fourth-order valence-corrected chi connectivity index (χ4v) is 8.14. The Morgan fingerprint density at radius 3 is 2.64 bits per heavy atom. The molecular weight excluding hydrogens is 834 g/mol. The number of ether oxygens (including phenoxy) is 3. The molecule has 282 valence electrons. The largest absolute Gasteiger partial charge is 0.479 e. The van der Waals surface area contributed by atoms with Crippen LogP contribution in [0.25, 0.3) is 22.1 Å². The summed E-state index contributed by atoms with van der Waals surface area (Å²) in [5.74, 6) is -2.89. The molecule has 53 heavy (non-hydrogen) atoms. The van der Waals surface area contributed by atoms with Crippen molar-refractivity contribution in [1.82, 2.24) is 29.6 Å². The molecule has 20 heteroatoms. The number of aliphatic hydroxyl groups is 2. The van der Waals surface area contributed by atoms with Gasteiger partial charge in [-0.2, -0.15) is 19.4 Å². The number of alkyl halides is 1. The van der Waals surface area contributed by atoms with Gasteiger partial charge in [-0.1, -0.05) is 32.0 Å². The average Bonchev–Trinajstić information content (AvgIpc) is 3.55. The summed E-state index contributed by atoms with van der Waals surface area (Å²) in [5.41, 5.74) is 4.20. The molecule has 5 aromatic rings. The first kappa shape index (κ1) is 38.6. The number of pyridine rings is 1. The van der Waals surface area contributed by atoms with Crippen LogP contribution in [0.4, 0.5) is 14.7 Å². The summed E-state index contributed by atoms with van der Waals surface area (Å²) >= 11 is 1.88. The number of carbonyl (C=O) groups excluding carboxylic acids is 1. The van der Waals surface area contributed by atoms with Crippen molar-refractivity contribution in [3.05, 3.63) is 76.0 Å². The Kier molecular flexibility index (Phi) is 11.2. The summed E-state index contributed by atoms with van der Waals surface area (Å²) in [4.78, 5) is 30.3. The molecule has 0 amide bonds. The predicted octanol–water partition coefficient (Wildman–Crippen LogP) is 4.75. The van der Waals surface area contributed by atoms with E-state index in [1.807, 2.05) is 22.6 Å². The van der Waals surface area contributed by atoms with Crippen LogP contribution in [-0.4, -0.2) is 78.3 Å². The molecule has 4 unspecified atom stereocenters. The number of methoxy groups -OCH3 is 1. The lowest BCUT2D eigenvalue weighted by atomic mass is 9.96. The number of imidazole rings is 1. The minimum Gasteiger partial charge on any atom is -0.479 e. The summed E-state index contributed by atoms with van der Waals surface area (Å²) in [5, 5.41) is 25.9. The van der Waals surface area contributed by atoms with Gasteiger partial charge in [-0.15, -0.1) is 0 Å². The van der Waals surface area contributed by atoms with Crippen LogP contribution in [-0.2, 0) is 23.4 Å². The van der Waals surface area contributed by atoms with E-state index in [4.69, 9.17) is 29.0 Å². The second-order valence-electron chi connectivity index (χ2n) is 12.5. The molecule has 4 heterocycles. The molecule has 6 rings (SSSR count). The first-order chi connectivity index (χ1) is 25.1. The summed E-state index contributed by atoms with van der Waals surface area (Å²) in [7, 11) is -3.35. The van der Waals surface area contributed by atoms with Gasteiger partial charge in [0.2, 0.25) is 11.8 Å². The summed E-state index contributed by atoms with van der Waals surface area (Å²) in [6.45, 7) is 3.77. The quantitative estimate of drug-likeness (QED) is 0.0544. The molecule has 0 aliphatic carbocycles. The zero-order chi connectivity index (χ0) is 38.2. The van der Waals surface area contributed by atoms with Crippen LogP contribution in [0.15, 0.2) is 60.8 Å². The van der Waals surface area contributed by atoms with Crippen LogP contribution < -0.4 is 20.1 Å². The fraction of sp³-hybridized carbons (Fsp3) is 0.364. The van der Waals surface area contributed by atoms with Gasteiger partial charge in [0.15, 0.2) is 21.2 Å². The standard InChI is InChI=1S/C33H35F2IN7O9P/c1-16(2)23(29(45)51-26(35)17-9-5-6-11-19(17)34)42-53(47,52-21-13-7-12-20-18(21)10-8-14-38-20)49-15-22-25(44)33(3,46)30(50-22)43-27-24(39-31(43)36)28(48-4)41-32(37)40-27/h5-14,16,22-23,25-26,30,44,46H,15H2,1-4H3,(H,42,47)(H2,37,40,41)/t22-,23?,25-,26?,30?,33-,53?/m1/s1. The van der Waals surface area contributed by atoms with E-state index in [9.17, 15) is 24.0 Å². The second-order valence-corrected chi connectivity index (χ2v) is 15.2. The number of esters is 1. The molecule has 16 nitrogen and oxygen atoms in total. The van der Waals surface area contributed by atoms with Gasteiger partial charge in [0.25, 0.3) is 6.36 Å². The Morgan fingerprint density at radius 2 is 1.92 bits per heavy atom. The van der Waals surface area contributed by atoms with Crippen LogP contribution in [0.2, 0.25) is 0 Å². The number of nitrogen functional groups attached to an aromatic ring is 1. The van der Waals surface area contributed by atoms with Crippen LogP contribution >= 0.6 is 30.3 Å². The van der Waals surface area contributed by atoms with E-state index >= 15 is 4.39 Å². The number of fused-ring (bicyclic) bond motifs is 2. The molecule has 1 saturated heterocycles. The zero-order valence-electron chi connectivity index (χ0n) is 28.6. The number of nitrogens with two attached hydrogens (primary N) is 1. The van der Waals surface area contributed by atoms with Gasteiger partial charge in [0, 0.05) is 34.2 Å². The van der Waals surface area contributed by atoms with E-state index in [-0.39, 0.29) is 32.6 Å². The number of nitrogens with one attached hydrogen (secondary N) is 1. The molecule has 1 fully saturated rings. The van der Waals surface area contributed by atoms with Crippen LogP contribution in [0.5, 0.6) is 11.6 Å². The van der Waals surface area contributed by atoms with Crippen molar-refractivity contribution in [3.8, 4) is 11.6 Å². The first-order valence-corrected chi connectivity index (χ1v) is 18.7.